The number of hydrogen-bond acceptors (Lipinski definition) is 4. The topological polar surface area (TPSA) is 75.4 Å². The highest BCUT2D eigenvalue weighted by atomic mass is 32.1. The smallest absolute Gasteiger partial charge is 0.248 e. The molecule has 156 valence electrons. The van der Waals surface area contributed by atoms with Gasteiger partial charge in [0.05, 0.1) is 0 Å². The predicted molar refractivity (Wildman–Crippen MR) is 123 cm³/mol. The molecule has 0 radical (unpaired) electrons. The molecule has 3 N–H and O–H groups in total. The largest absolute Gasteiger partial charge is 0.366 e. The molecular weight excluding hydrogens is 394 g/mol. The Bertz CT molecular complexity index is 968. The van der Waals surface area contributed by atoms with Crippen LogP contribution in [0.2, 0.25) is 0 Å². The lowest BCUT2D eigenvalue weighted by Crippen LogP contribution is -2.29. The summed E-state index contributed by atoms with van der Waals surface area (Å²) in [5, 5.41) is 2.89. The van der Waals surface area contributed by atoms with Crippen molar-refractivity contribution in [2.45, 2.75) is 26.3 Å². The first-order valence-electron chi connectivity index (χ1n) is 10.0. The Labute approximate surface area is 181 Å². The maximum atomic E-state index is 12.4. The molecule has 0 saturated carbocycles. The van der Waals surface area contributed by atoms with E-state index in [9.17, 15) is 9.59 Å². The fourth-order valence-corrected chi connectivity index (χ4v) is 4.13. The third-order valence-electron chi connectivity index (χ3n) is 4.84. The van der Waals surface area contributed by atoms with Crippen LogP contribution in [0, 0.1) is 6.92 Å². The van der Waals surface area contributed by atoms with Crippen molar-refractivity contribution in [1.29, 1.82) is 0 Å². The van der Waals surface area contributed by atoms with Gasteiger partial charge in [0.2, 0.25) is 11.8 Å². The maximum Gasteiger partial charge on any atom is 0.248 e. The van der Waals surface area contributed by atoms with Gasteiger partial charge in [-0.3, -0.25) is 14.5 Å². The Morgan fingerprint density at radius 3 is 2.33 bits per heavy atom. The number of thiophene rings is 1. The molecule has 5 nitrogen and oxygen atoms in total. The van der Waals surface area contributed by atoms with E-state index in [1.807, 2.05) is 6.07 Å². The van der Waals surface area contributed by atoms with Crippen molar-refractivity contribution in [2.75, 3.05) is 18.4 Å². The van der Waals surface area contributed by atoms with E-state index in [2.05, 4.69) is 53.5 Å². The van der Waals surface area contributed by atoms with Crippen LogP contribution >= 0.6 is 11.3 Å². The van der Waals surface area contributed by atoms with Gasteiger partial charge in [0, 0.05) is 47.1 Å². The Hall–Kier alpha value is -2.96. The van der Waals surface area contributed by atoms with Gasteiger partial charge in [-0.15, -0.1) is 11.3 Å². The number of rotatable bonds is 10. The molecule has 0 atom stereocenters. The number of anilines is 1. The summed E-state index contributed by atoms with van der Waals surface area (Å²) in [4.78, 5) is 28.5. The Morgan fingerprint density at radius 2 is 1.70 bits per heavy atom. The van der Waals surface area contributed by atoms with Crippen molar-refractivity contribution in [3.05, 3.63) is 87.6 Å². The molecule has 0 aliphatic heterocycles. The lowest BCUT2D eigenvalue weighted by Gasteiger charge is -2.21. The minimum absolute atomic E-state index is 0.0473. The highest BCUT2D eigenvalue weighted by Crippen LogP contribution is 2.18. The van der Waals surface area contributed by atoms with Crippen molar-refractivity contribution in [1.82, 2.24) is 4.90 Å². The van der Waals surface area contributed by atoms with Crippen molar-refractivity contribution in [2.24, 2.45) is 5.73 Å². The average molecular weight is 422 g/mol. The van der Waals surface area contributed by atoms with E-state index < -0.39 is 5.91 Å². The second kappa shape index (κ2) is 10.7. The van der Waals surface area contributed by atoms with Crippen LogP contribution < -0.4 is 11.1 Å². The van der Waals surface area contributed by atoms with Crippen molar-refractivity contribution in [3.63, 3.8) is 0 Å². The molecule has 3 rings (SSSR count). The number of aryl methyl sites for hydroxylation is 1. The molecule has 3 aromatic rings. The van der Waals surface area contributed by atoms with Crippen LogP contribution in [0.5, 0.6) is 0 Å². The van der Waals surface area contributed by atoms with Crippen molar-refractivity contribution >= 4 is 28.8 Å². The van der Waals surface area contributed by atoms with Gasteiger partial charge in [-0.1, -0.05) is 30.3 Å². The molecule has 1 heterocycles. The van der Waals surface area contributed by atoms with Gasteiger partial charge >= 0.3 is 0 Å². The molecule has 0 fully saturated rings. The van der Waals surface area contributed by atoms with E-state index in [-0.39, 0.29) is 5.91 Å². The number of primary amides is 1. The van der Waals surface area contributed by atoms with Crippen LogP contribution in [-0.4, -0.2) is 29.8 Å². The second-order valence-electron chi connectivity index (χ2n) is 7.26. The minimum atomic E-state index is -0.481. The van der Waals surface area contributed by atoms with Gasteiger partial charge in [0.25, 0.3) is 0 Å². The normalized spacial score (nSPS) is 10.9. The minimum Gasteiger partial charge on any atom is -0.366 e. The maximum absolute atomic E-state index is 12.4. The van der Waals surface area contributed by atoms with Crippen LogP contribution in [-0.2, 0) is 17.8 Å². The number of hydrogen-bond donors (Lipinski definition) is 2. The van der Waals surface area contributed by atoms with E-state index >= 15 is 0 Å². The first kappa shape index (κ1) is 21.7. The fourth-order valence-electron chi connectivity index (χ4n) is 3.19. The number of benzene rings is 2. The van der Waals surface area contributed by atoms with Crippen LogP contribution in [0.4, 0.5) is 5.69 Å². The molecule has 0 saturated heterocycles. The highest BCUT2D eigenvalue weighted by molar-refractivity contribution is 7.11. The summed E-state index contributed by atoms with van der Waals surface area (Å²) in [6.45, 7) is 4.52. The summed E-state index contributed by atoms with van der Waals surface area (Å²) in [5.74, 6) is -0.528. The summed E-state index contributed by atoms with van der Waals surface area (Å²) in [6, 6.07) is 21.3. The molecule has 0 aliphatic rings. The molecule has 6 heteroatoms. The predicted octanol–water partition coefficient (Wildman–Crippen LogP) is 4.23. The molecule has 30 heavy (non-hydrogen) atoms. The molecule has 1 aromatic heterocycles. The summed E-state index contributed by atoms with van der Waals surface area (Å²) in [5.41, 5.74) is 7.63. The Kier molecular flexibility index (Phi) is 7.76. The zero-order chi connectivity index (χ0) is 21.3. The molecule has 0 unspecified atom stereocenters. The number of carbonyl (C=O) groups excluding carboxylic acids is 2. The fraction of sp³-hybridized carbons (Fsp3) is 0.250. The van der Waals surface area contributed by atoms with Gasteiger partial charge in [0.1, 0.15) is 0 Å². The summed E-state index contributed by atoms with van der Waals surface area (Å²) in [6.07, 6.45) is 1.35. The standard InChI is InChI=1S/C24H27N3O2S/c1-18-7-12-22(30-18)17-27(15-13-19-5-3-2-4-6-19)16-14-23(28)26-21-10-8-20(9-11-21)24(25)29/h2-12H,13-17H2,1H3,(H2,25,29)(H,26,28). The van der Waals surface area contributed by atoms with Crippen LogP contribution in [0.15, 0.2) is 66.7 Å². The van der Waals surface area contributed by atoms with Crippen molar-refractivity contribution < 1.29 is 9.59 Å². The summed E-state index contributed by atoms with van der Waals surface area (Å²) < 4.78 is 0. The molecule has 2 aromatic carbocycles. The Balaban J connectivity index is 1.55. The van der Waals surface area contributed by atoms with Crippen LogP contribution in [0.3, 0.4) is 0 Å². The van der Waals surface area contributed by atoms with Crippen molar-refractivity contribution in [3.8, 4) is 0 Å². The number of nitrogens with one attached hydrogen (secondary N) is 1. The summed E-state index contributed by atoms with van der Waals surface area (Å²) in [7, 11) is 0. The SMILES string of the molecule is Cc1ccc(CN(CCC(=O)Nc2ccc(C(N)=O)cc2)CCc2ccccc2)s1. The van der Waals surface area contributed by atoms with Crippen LogP contribution in [0.1, 0.15) is 32.1 Å². The lowest BCUT2D eigenvalue weighted by molar-refractivity contribution is -0.116. The van der Waals surface area contributed by atoms with Gasteiger partial charge in [0.15, 0.2) is 0 Å². The van der Waals surface area contributed by atoms with Gasteiger partial charge in [-0.25, -0.2) is 0 Å². The van der Waals surface area contributed by atoms with Gasteiger partial charge < -0.3 is 11.1 Å². The Morgan fingerprint density at radius 1 is 0.967 bits per heavy atom. The number of nitrogens with two attached hydrogens (primary N) is 1. The monoisotopic (exact) mass is 421 g/mol. The summed E-state index contributed by atoms with van der Waals surface area (Å²) >= 11 is 1.80. The third kappa shape index (κ3) is 6.83. The molecule has 0 bridgehead atoms. The number of amides is 2. The van der Waals surface area contributed by atoms with E-state index in [1.54, 1.807) is 35.6 Å². The second-order valence-corrected chi connectivity index (χ2v) is 8.64. The average Bonchev–Trinajstić information content (AvgIpc) is 3.16. The highest BCUT2D eigenvalue weighted by Gasteiger charge is 2.11. The van der Waals surface area contributed by atoms with E-state index in [1.165, 1.54) is 15.3 Å². The van der Waals surface area contributed by atoms with E-state index in [0.29, 0.717) is 24.2 Å². The number of nitrogens with zero attached hydrogens (tertiary/aromatic N) is 1. The first-order chi connectivity index (χ1) is 14.5. The third-order valence-corrected chi connectivity index (χ3v) is 5.83. The molecule has 0 spiro atoms. The molecule has 0 aliphatic carbocycles. The van der Waals surface area contributed by atoms with E-state index in [0.717, 1.165) is 19.5 Å². The lowest BCUT2D eigenvalue weighted by atomic mass is 10.1. The van der Waals surface area contributed by atoms with Gasteiger partial charge in [-0.05, 0) is 55.3 Å². The zero-order valence-electron chi connectivity index (χ0n) is 17.1. The molecule has 2 amide bonds. The molecular formula is C24H27N3O2S. The van der Waals surface area contributed by atoms with E-state index in [4.69, 9.17) is 5.73 Å². The quantitative estimate of drug-likeness (QED) is 0.514. The zero-order valence-corrected chi connectivity index (χ0v) is 18.0. The first-order valence-corrected chi connectivity index (χ1v) is 10.8. The van der Waals surface area contributed by atoms with Gasteiger partial charge in [-0.2, -0.15) is 0 Å². The van der Waals surface area contributed by atoms with Crippen LogP contribution in [0.25, 0.3) is 0 Å². The number of carbonyl (C=O) groups is 2.